The molecule has 0 radical (unpaired) electrons. The van der Waals surface area contributed by atoms with Crippen molar-refractivity contribution in [2.24, 2.45) is 0 Å². The maximum absolute atomic E-state index is 12.2. The van der Waals surface area contributed by atoms with Crippen LogP contribution in [0.3, 0.4) is 0 Å². The first-order valence-corrected chi connectivity index (χ1v) is 6.88. The molecule has 0 bridgehead atoms. The number of amides is 1. The third-order valence-electron chi connectivity index (χ3n) is 3.39. The lowest BCUT2D eigenvalue weighted by Gasteiger charge is -2.33. The Labute approximate surface area is 118 Å². The Morgan fingerprint density at radius 1 is 1.35 bits per heavy atom. The predicted molar refractivity (Wildman–Crippen MR) is 73.0 cm³/mol. The number of hydrogen-bond acceptors (Lipinski definition) is 4. The van der Waals surface area contributed by atoms with E-state index in [4.69, 9.17) is 4.74 Å². The number of rotatable bonds is 4. The van der Waals surface area contributed by atoms with E-state index in [-0.39, 0.29) is 18.3 Å². The zero-order valence-corrected chi connectivity index (χ0v) is 11.5. The summed E-state index contributed by atoms with van der Waals surface area (Å²) in [7, 11) is 0. The summed E-state index contributed by atoms with van der Waals surface area (Å²) in [4.78, 5) is 25.8. The van der Waals surface area contributed by atoms with Crippen LogP contribution in [0.15, 0.2) is 24.3 Å². The molecule has 0 unspecified atom stereocenters. The number of esters is 1. The van der Waals surface area contributed by atoms with Crippen molar-refractivity contribution in [3.8, 4) is 5.75 Å². The first-order valence-electron chi connectivity index (χ1n) is 6.88. The summed E-state index contributed by atoms with van der Waals surface area (Å²) in [5.41, 5.74) is 0.663. The van der Waals surface area contributed by atoms with E-state index in [1.165, 1.54) is 12.1 Å². The molecule has 1 aromatic rings. The summed E-state index contributed by atoms with van der Waals surface area (Å²) >= 11 is 0. The van der Waals surface area contributed by atoms with Crippen LogP contribution in [0.5, 0.6) is 5.75 Å². The van der Waals surface area contributed by atoms with Gasteiger partial charge in [0.15, 0.2) is 6.04 Å². The van der Waals surface area contributed by atoms with Gasteiger partial charge in [-0.1, -0.05) is 12.1 Å². The van der Waals surface area contributed by atoms with Gasteiger partial charge in [-0.3, -0.25) is 4.79 Å². The molecule has 1 fully saturated rings. The van der Waals surface area contributed by atoms with E-state index in [2.05, 4.69) is 0 Å². The molecular weight excluding hydrogens is 258 g/mol. The van der Waals surface area contributed by atoms with Gasteiger partial charge in [-0.2, -0.15) is 0 Å². The van der Waals surface area contributed by atoms with Crippen LogP contribution in [-0.4, -0.2) is 35.0 Å². The molecule has 1 aliphatic heterocycles. The maximum atomic E-state index is 12.2. The molecule has 1 atom stereocenters. The van der Waals surface area contributed by atoms with Gasteiger partial charge in [-0.15, -0.1) is 0 Å². The lowest BCUT2D eigenvalue weighted by molar-refractivity contribution is -0.156. The minimum atomic E-state index is -0.719. The fourth-order valence-electron chi connectivity index (χ4n) is 2.42. The number of benzene rings is 1. The molecule has 1 aromatic carbocycles. The third kappa shape index (κ3) is 3.10. The fourth-order valence-corrected chi connectivity index (χ4v) is 2.42. The molecule has 1 heterocycles. The summed E-state index contributed by atoms with van der Waals surface area (Å²) < 4.78 is 5.09. The molecule has 5 nitrogen and oxygen atoms in total. The Morgan fingerprint density at radius 3 is 2.65 bits per heavy atom. The quantitative estimate of drug-likeness (QED) is 0.855. The first-order chi connectivity index (χ1) is 9.63. The molecular formula is C15H19NO4. The molecule has 1 N–H and O–H groups in total. The summed E-state index contributed by atoms with van der Waals surface area (Å²) in [5.74, 6) is -0.322. The number of piperidine rings is 1. The highest BCUT2D eigenvalue weighted by Gasteiger charge is 2.33. The van der Waals surface area contributed by atoms with Gasteiger partial charge in [0.1, 0.15) is 5.75 Å². The van der Waals surface area contributed by atoms with Crippen LogP contribution in [0.1, 0.15) is 37.8 Å². The summed E-state index contributed by atoms with van der Waals surface area (Å²) in [6, 6.07) is 5.60. The van der Waals surface area contributed by atoms with E-state index in [0.717, 1.165) is 12.8 Å². The van der Waals surface area contributed by atoms with Crippen molar-refractivity contribution >= 4 is 11.9 Å². The van der Waals surface area contributed by atoms with E-state index in [1.54, 1.807) is 24.0 Å². The second-order valence-electron chi connectivity index (χ2n) is 4.79. The van der Waals surface area contributed by atoms with Crippen LogP contribution in [0.2, 0.25) is 0 Å². The summed E-state index contributed by atoms with van der Waals surface area (Å²) in [6.07, 6.45) is 2.22. The molecule has 108 valence electrons. The highest BCUT2D eigenvalue weighted by atomic mass is 16.5. The average molecular weight is 277 g/mol. The van der Waals surface area contributed by atoms with Gasteiger partial charge in [0.25, 0.3) is 0 Å². The smallest absolute Gasteiger partial charge is 0.333 e. The van der Waals surface area contributed by atoms with Crippen LogP contribution in [-0.2, 0) is 14.3 Å². The third-order valence-corrected chi connectivity index (χ3v) is 3.39. The predicted octanol–water partition coefficient (Wildman–Crippen LogP) is 2.01. The molecule has 5 heteroatoms. The van der Waals surface area contributed by atoms with Crippen molar-refractivity contribution in [2.45, 2.75) is 32.2 Å². The van der Waals surface area contributed by atoms with E-state index in [0.29, 0.717) is 18.5 Å². The van der Waals surface area contributed by atoms with Crippen molar-refractivity contribution < 1.29 is 19.4 Å². The number of likely N-dealkylation sites (tertiary alicyclic amines) is 1. The fraction of sp³-hybridized carbons (Fsp3) is 0.467. The first kappa shape index (κ1) is 14.4. The van der Waals surface area contributed by atoms with Gasteiger partial charge < -0.3 is 14.7 Å². The normalized spacial score (nSPS) is 16.9. The summed E-state index contributed by atoms with van der Waals surface area (Å²) in [5, 5.41) is 9.35. The second-order valence-corrected chi connectivity index (χ2v) is 4.79. The second kappa shape index (κ2) is 6.41. The highest BCUT2D eigenvalue weighted by molar-refractivity contribution is 5.86. The molecule has 1 saturated heterocycles. The largest absolute Gasteiger partial charge is 0.508 e. The lowest BCUT2D eigenvalue weighted by Crippen LogP contribution is -2.42. The Morgan fingerprint density at radius 2 is 2.05 bits per heavy atom. The standard InChI is InChI=1S/C15H19NO4/c1-2-20-15(19)14(11-6-8-12(17)9-7-11)16-10-4-3-5-13(16)18/h6-9,14,17H,2-5,10H2,1H3/t14-/m0/s1. The van der Waals surface area contributed by atoms with E-state index in [9.17, 15) is 14.7 Å². The molecule has 1 aliphatic rings. The topological polar surface area (TPSA) is 66.8 Å². The van der Waals surface area contributed by atoms with Crippen molar-refractivity contribution in [2.75, 3.05) is 13.2 Å². The average Bonchev–Trinajstić information content (AvgIpc) is 2.44. The van der Waals surface area contributed by atoms with Gasteiger partial charge in [-0.25, -0.2) is 4.79 Å². The molecule has 0 saturated carbocycles. The zero-order valence-electron chi connectivity index (χ0n) is 11.5. The van der Waals surface area contributed by atoms with Gasteiger partial charge in [0, 0.05) is 13.0 Å². The zero-order chi connectivity index (χ0) is 14.5. The number of phenolic OH excluding ortho intramolecular Hbond substituents is 1. The SMILES string of the molecule is CCOC(=O)[C@H](c1ccc(O)cc1)N1CCCCC1=O. The van der Waals surface area contributed by atoms with Crippen LogP contribution < -0.4 is 0 Å². The molecule has 0 aliphatic carbocycles. The Bertz CT molecular complexity index is 483. The van der Waals surface area contributed by atoms with Crippen molar-refractivity contribution in [3.05, 3.63) is 29.8 Å². The molecule has 2 rings (SSSR count). The van der Waals surface area contributed by atoms with Gasteiger partial charge in [0.05, 0.1) is 6.61 Å². The van der Waals surface area contributed by atoms with Gasteiger partial charge >= 0.3 is 5.97 Å². The van der Waals surface area contributed by atoms with Crippen LogP contribution >= 0.6 is 0 Å². The van der Waals surface area contributed by atoms with E-state index in [1.807, 2.05) is 0 Å². The van der Waals surface area contributed by atoms with Crippen LogP contribution in [0.4, 0.5) is 0 Å². The minimum absolute atomic E-state index is 0.0256. The summed E-state index contributed by atoms with van der Waals surface area (Å²) in [6.45, 7) is 2.57. The number of hydrogen-bond donors (Lipinski definition) is 1. The number of carbonyl (C=O) groups is 2. The number of aromatic hydroxyl groups is 1. The monoisotopic (exact) mass is 277 g/mol. The van der Waals surface area contributed by atoms with E-state index < -0.39 is 12.0 Å². The Balaban J connectivity index is 2.30. The van der Waals surface area contributed by atoms with Crippen molar-refractivity contribution in [1.82, 2.24) is 4.90 Å². The number of nitrogens with zero attached hydrogens (tertiary/aromatic N) is 1. The van der Waals surface area contributed by atoms with Gasteiger partial charge in [-0.05, 0) is 37.5 Å². The Kier molecular flexibility index (Phi) is 4.61. The van der Waals surface area contributed by atoms with Crippen LogP contribution in [0, 0.1) is 0 Å². The number of phenols is 1. The number of ether oxygens (including phenoxy) is 1. The number of carbonyl (C=O) groups excluding carboxylic acids is 2. The lowest BCUT2D eigenvalue weighted by atomic mass is 10.0. The van der Waals surface area contributed by atoms with Crippen LogP contribution in [0.25, 0.3) is 0 Å². The molecule has 0 spiro atoms. The Hall–Kier alpha value is -2.04. The maximum Gasteiger partial charge on any atom is 0.333 e. The molecule has 0 aromatic heterocycles. The molecule has 1 amide bonds. The highest BCUT2D eigenvalue weighted by Crippen LogP contribution is 2.27. The van der Waals surface area contributed by atoms with E-state index >= 15 is 0 Å². The van der Waals surface area contributed by atoms with Crippen molar-refractivity contribution in [1.29, 1.82) is 0 Å². The minimum Gasteiger partial charge on any atom is -0.508 e. The van der Waals surface area contributed by atoms with Crippen molar-refractivity contribution in [3.63, 3.8) is 0 Å². The van der Waals surface area contributed by atoms with Gasteiger partial charge in [0.2, 0.25) is 5.91 Å². The molecule has 20 heavy (non-hydrogen) atoms.